The molecule has 0 N–H and O–H groups in total. The van der Waals surface area contributed by atoms with Gasteiger partial charge in [-0.2, -0.15) is 0 Å². The van der Waals surface area contributed by atoms with Gasteiger partial charge in [-0.25, -0.2) is 0 Å². The van der Waals surface area contributed by atoms with Gasteiger partial charge >= 0.3 is 0 Å². The van der Waals surface area contributed by atoms with Crippen LogP contribution in [0.4, 0.5) is 0 Å². The van der Waals surface area contributed by atoms with E-state index in [0.29, 0.717) is 21.4 Å². The topological polar surface area (TPSA) is 27.1 Å². The number of benzene rings is 2. The zero-order valence-corrected chi connectivity index (χ0v) is 17.9. The Hall–Kier alpha value is -1.32. The standard InChI is InChI=1S/C19H17Cl2N2O.Ir/c1-19(2,3)24-17-7-5-4-6-16(17)23-11-10-22-18(23)14-9-8-13(20)12-15(14)21;/h4-8,10-12H,1-3H3;/q-1;. The number of imidazole rings is 1. The number of para-hydroxylation sites is 2. The Morgan fingerprint density at radius 3 is 2.56 bits per heavy atom. The summed E-state index contributed by atoms with van der Waals surface area (Å²) in [5.74, 6) is 1.45. The third kappa shape index (κ3) is 4.65. The number of ether oxygens (including phenoxy) is 1. The summed E-state index contributed by atoms with van der Waals surface area (Å²) < 4.78 is 8.02. The molecule has 0 aliphatic carbocycles. The van der Waals surface area contributed by atoms with Gasteiger partial charge in [-0.1, -0.05) is 17.7 Å². The van der Waals surface area contributed by atoms with Crippen molar-refractivity contribution < 1.29 is 24.8 Å². The van der Waals surface area contributed by atoms with Gasteiger partial charge in [0.25, 0.3) is 0 Å². The van der Waals surface area contributed by atoms with Crippen LogP contribution in [0.2, 0.25) is 10.0 Å². The van der Waals surface area contributed by atoms with Gasteiger partial charge in [-0.3, -0.25) is 4.98 Å². The average molecular weight is 552 g/mol. The fraction of sp³-hybridized carbons (Fsp3) is 0.211. The van der Waals surface area contributed by atoms with Gasteiger partial charge < -0.3 is 9.30 Å². The molecule has 0 aliphatic heterocycles. The fourth-order valence-corrected chi connectivity index (χ4v) is 2.85. The minimum atomic E-state index is -0.305. The number of aromatic nitrogens is 2. The van der Waals surface area contributed by atoms with Crippen LogP contribution in [0, 0.1) is 6.07 Å². The predicted molar refractivity (Wildman–Crippen MR) is 98.2 cm³/mol. The largest absolute Gasteiger partial charge is 0.486 e. The van der Waals surface area contributed by atoms with Crippen molar-refractivity contribution in [2.75, 3.05) is 0 Å². The molecule has 2 aromatic carbocycles. The van der Waals surface area contributed by atoms with E-state index in [-0.39, 0.29) is 25.7 Å². The monoisotopic (exact) mass is 552 g/mol. The molecular formula is C19H17Cl2IrN2O-. The van der Waals surface area contributed by atoms with Gasteiger partial charge in [-0.15, -0.1) is 41.4 Å². The summed E-state index contributed by atoms with van der Waals surface area (Å²) in [6, 6.07) is 14.3. The molecule has 1 aromatic heterocycles. The Labute approximate surface area is 171 Å². The van der Waals surface area contributed by atoms with Crippen LogP contribution in [-0.2, 0) is 20.1 Å². The molecular weight excluding hydrogens is 535 g/mol. The first-order chi connectivity index (χ1) is 11.3. The predicted octanol–water partition coefficient (Wildman–Crippen LogP) is 5.82. The number of rotatable bonds is 3. The summed E-state index contributed by atoms with van der Waals surface area (Å²) in [6.45, 7) is 6.05. The average Bonchev–Trinajstić information content (AvgIpc) is 2.95. The van der Waals surface area contributed by atoms with Crippen LogP contribution in [0.5, 0.6) is 5.75 Å². The minimum Gasteiger partial charge on any atom is -0.486 e. The van der Waals surface area contributed by atoms with E-state index >= 15 is 0 Å². The molecule has 0 unspecified atom stereocenters. The Kier molecular flexibility index (Phi) is 6.34. The second-order valence-corrected chi connectivity index (χ2v) is 7.19. The molecule has 1 heterocycles. The van der Waals surface area contributed by atoms with E-state index in [0.717, 1.165) is 11.4 Å². The molecule has 0 amide bonds. The van der Waals surface area contributed by atoms with E-state index in [9.17, 15) is 0 Å². The molecule has 25 heavy (non-hydrogen) atoms. The number of hydrogen-bond acceptors (Lipinski definition) is 2. The first-order valence-corrected chi connectivity index (χ1v) is 8.29. The van der Waals surface area contributed by atoms with E-state index in [1.807, 2.05) is 55.8 Å². The van der Waals surface area contributed by atoms with E-state index in [1.165, 1.54) is 0 Å². The molecule has 0 aliphatic rings. The summed E-state index contributed by atoms with van der Waals surface area (Å²) in [5.41, 5.74) is 1.27. The van der Waals surface area contributed by atoms with E-state index in [1.54, 1.807) is 18.3 Å². The Bertz CT molecular complexity index is 872. The van der Waals surface area contributed by atoms with Crippen molar-refractivity contribution in [3.8, 4) is 22.8 Å². The molecule has 3 aromatic rings. The molecule has 6 heteroatoms. The molecule has 0 atom stereocenters. The quantitative estimate of drug-likeness (QED) is 0.383. The number of halogens is 2. The molecule has 0 spiro atoms. The molecule has 0 bridgehead atoms. The van der Waals surface area contributed by atoms with Crippen LogP contribution < -0.4 is 4.74 Å². The van der Waals surface area contributed by atoms with Crippen LogP contribution in [0.15, 0.2) is 48.8 Å². The van der Waals surface area contributed by atoms with Gasteiger partial charge in [0.2, 0.25) is 0 Å². The van der Waals surface area contributed by atoms with Gasteiger partial charge in [-0.05, 0) is 42.9 Å². The number of hydrogen-bond donors (Lipinski definition) is 0. The van der Waals surface area contributed by atoms with E-state index in [4.69, 9.17) is 27.9 Å². The first kappa shape index (κ1) is 20.0. The summed E-state index contributed by atoms with van der Waals surface area (Å²) in [7, 11) is 0. The van der Waals surface area contributed by atoms with Crippen LogP contribution in [0.3, 0.4) is 0 Å². The van der Waals surface area contributed by atoms with Crippen molar-refractivity contribution in [3.63, 3.8) is 0 Å². The minimum absolute atomic E-state index is 0. The maximum absolute atomic E-state index is 6.33. The summed E-state index contributed by atoms with van der Waals surface area (Å²) in [4.78, 5) is 4.44. The molecule has 3 nitrogen and oxygen atoms in total. The van der Waals surface area contributed by atoms with Crippen molar-refractivity contribution in [2.24, 2.45) is 0 Å². The third-order valence-corrected chi connectivity index (χ3v) is 3.78. The first-order valence-electron chi connectivity index (χ1n) is 7.54. The summed E-state index contributed by atoms with van der Waals surface area (Å²) >= 11 is 12.3. The smallest absolute Gasteiger partial charge is 0.143 e. The van der Waals surface area contributed by atoms with Crippen molar-refractivity contribution in [1.82, 2.24) is 9.55 Å². The van der Waals surface area contributed by atoms with Crippen LogP contribution in [0.25, 0.3) is 17.1 Å². The maximum Gasteiger partial charge on any atom is 0.143 e. The molecule has 1 radical (unpaired) electrons. The van der Waals surface area contributed by atoms with Gasteiger partial charge in [0, 0.05) is 32.5 Å². The number of nitrogens with zero attached hydrogens (tertiary/aromatic N) is 2. The van der Waals surface area contributed by atoms with Gasteiger partial charge in [0.05, 0.1) is 11.5 Å². The van der Waals surface area contributed by atoms with Crippen LogP contribution in [-0.4, -0.2) is 15.2 Å². The molecule has 0 saturated carbocycles. The third-order valence-electron chi connectivity index (χ3n) is 3.26. The van der Waals surface area contributed by atoms with Crippen LogP contribution >= 0.6 is 23.2 Å². The van der Waals surface area contributed by atoms with Crippen molar-refractivity contribution >= 4 is 23.2 Å². The van der Waals surface area contributed by atoms with Crippen LogP contribution in [0.1, 0.15) is 20.8 Å². The Morgan fingerprint density at radius 1 is 1.16 bits per heavy atom. The van der Waals surface area contributed by atoms with E-state index in [2.05, 4.69) is 11.1 Å². The molecule has 0 saturated heterocycles. The van der Waals surface area contributed by atoms with Crippen molar-refractivity contribution in [2.45, 2.75) is 26.4 Å². The fourth-order valence-electron chi connectivity index (χ4n) is 2.37. The zero-order valence-electron chi connectivity index (χ0n) is 14.0. The normalized spacial score (nSPS) is 11.1. The Balaban J connectivity index is 0.00000225. The van der Waals surface area contributed by atoms with E-state index < -0.39 is 0 Å². The summed E-state index contributed by atoms with van der Waals surface area (Å²) in [5, 5.41) is 1.04. The second kappa shape index (κ2) is 7.92. The molecule has 133 valence electrons. The molecule has 0 fully saturated rings. The second-order valence-electron chi connectivity index (χ2n) is 6.34. The van der Waals surface area contributed by atoms with Crippen molar-refractivity contribution in [1.29, 1.82) is 0 Å². The van der Waals surface area contributed by atoms with Gasteiger partial charge in [0.15, 0.2) is 0 Å². The van der Waals surface area contributed by atoms with Gasteiger partial charge in [0.1, 0.15) is 11.4 Å². The zero-order chi connectivity index (χ0) is 17.3. The SMILES string of the molecule is CC(C)(C)Oc1ccccc1-n1ccnc1-c1[c-]cc(Cl)cc1Cl.[Ir]. The maximum atomic E-state index is 6.33. The Morgan fingerprint density at radius 2 is 1.88 bits per heavy atom. The van der Waals surface area contributed by atoms with Crippen molar-refractivity contribution in [3.05, 3.63) is 64.9 Å². The summed E-state index contributed by atoms with van der Waals surface area (Å²) in [6.07, 6.45) is 3.60. The molecule has 3 rings (SSSR count).